The van der Waals surface area contributed by atoms with Gasteiger partial charge in [0, 0.05) is 12.5 Å². The van der Waals surface area contributed by atoms with E-state index in [1.54, 1.807) is 12.1 Å². The van der Waals surface area contributed by atoms with E-state index >= 15 is 0 Å². The van der Waals surface area contributed by atoms with Gasteiger partial charge in [-0.2, -0.15) is 0 Å². The molecule has 2 aromatic carbocycles. The molecule has 0 aliphatic heterocycles. The third-order valence-electron chi connectivity index (χ3n) is 6.29. The number of unbranched alkanes of at least 4 members (excludes halogenated alkanes) is 12. The number of hydrogen-bond acceptors (Lipinski definition) is 5. The Labute approximate surface area is 209 Å². The SMILES string of the molecule is CCCCCCCCCCCCCCCC(=O)Nc1cc(O)c(C(=O)c2ccccc2O)cc1O. The molecule has 0 aromatic heterocycles. The number of phenols is 3. The summed E-state index contributed by atoms with van der Waals surface area (Å²) in [6.45, 7) is 2.24. The lowest BCUT2D eigenvalue weighted by Gasteiger charge is -2.11. The van der Waals surface area contributed by atoms with Crippen molar-refractivity contribution in [1.29, 1.82) is 0 Å². The third kappa shape index (κ3) is 10.0. The van der Waals surface area contributed by atoms with E-state index in [0.717, 1.165) is 31.4 Å². The van der Waals surface area contributed by atoms with Gasteiger partial charge in [-0.25, -0.2) is 0 Å². The Morgan fingerprint density at radius 1 is 0.657 bits per heavy atom. The van der Waals surface area contributed by atoms with Gasteiger partial charge in [-0.15, -0.1) is 0 Å². The van der Waals surface area contributed by atoms with Crippen LogP contribution < -0.4 is 5.32 Å². The summed E-state index contributed by atoms with van der Waals surface area (Å²) in [5, 5.41) is 33.0. The summed E-state index contributed by atoms with van der Waals surface area (Å²) in [6, 6.07) is 8.23. The van der Waals surface area contributed by atoms with E-state index < -0.39 is 5.78 Å². The minimum Gasteiger partial charge on any atom is -0.507 e. The van der Waals surface area contributed by atoms with Gasteiger partial charge in [0.1, 0.15) is 17.2 Å². The van der Waals surface area contributed by atoms with Crippen molar-refractivity contribution in [2.24, 2.45) is 0 Å². The van der Waals surface area contributed by atoms with E-state index in [0.29, 0.717) is 6.42 Å². The van der Waals surface area contributed by atoms with Crippen LogP contribution >= 0.6 is 0 Å². The highest BCUT2D eigenvalue weighted by molar-refractivity contribution is 6.13. The Hall–Kier alpha value is -3.02. The molecule has 6 heteroatoms. The van der Waals surface area contributed by atoms with Crippen LogP contribution in [0.3, 0.4) is 0 Å². The van der Waals surface area contributed by atoms with Crippen molar-refractivity contribution in [3.05, 3.63) is 47.5 Å². The average molecular weight is 484 g/mol. The molecule has 0 aliphatic carbocycles. The first-order chi connectivity index (χ1) is 16.9. The predicted octanol–water partition coefficient (Wildman–Crippen LogP) is 7.45. The monoisotopic (exact) mass is 483 g/mol. The van der Waals surface area contributed by atoms with Gasteiger partial charge >= 0.3 is 0 Å². The fourth-order valence-electron chi connectivity index (χ4n) is 4.19. The van der Waals surface area contributed by atoms with Crippen LogP contribution in [0.25, 0.3) is 0 Å². The summed E-state index contributed by atoms with van der Waals surface area (Å²) in [7, 11) is 0. The molecule has 0 bridgehead atoms. The van der Waals surface area contributed by atoms with E-state index in [-0.39, 0.29) is 40.0 Å². The molecule has 6 nitrogen and oxygen atoms in total. The highest BCUT2D eigenvalue weighted by Crippen LogP contribution is 2.34. The molecule has 0 spiro atoms. The second-order valence-electron chi connectivity index (χ2n) is 9.27. The van der Waals surface area contributed by atoms with E-state index in [1.807, 2.05) is 0 Å². The standard InChI is InChI=1S/C29H41NO5/c1-2-3-4-5-6-7-8-9-10-11-12-13-14-19-28(34)30-24-21-26(32)23(20-27(24)33)29(35)22-17-15-16-18-25(22)31/h15-18,20-21,31-33H,2-14,19H2,1H3,(H,30,34). The minimum absolute atomic E-state index is 0.0152. The fraction of sp³-hybridized carbons (Fsp3) is 0.517. The number of benzene rings is 2. The number of phenolic OH excluding ortho intramolecular Hbond substituents is 3. The van der Waals surface area contributed by atoms with Gasteiger partial charge in [0.25, 0.3) is 0 Å². The topological polar surface area (TPSA) is 107 Å². The lowest BCUT2D eigenvalue weighted by atomic mass is 10.0. The normalized spacial score (nSPS) is 10.9. The molecule has 0 fully saturated rings. The van der Waals surface area contributed by atoms with E-state index in [9.17, 15) is 24.9 Å². The van der Waals surface area contributed by atoms with Crippen LogP contribution in [0, 0.1) is 0 Å². The molecular weight excluding hydrogens is 442 g/mol. The maximum Gasteiger partial charge on any atom is 0.224 e. The first kappa shape index (κ1) is 28.2. The number of para-hydroxylation sites is 1. The maximum atomic E-state index is 12.6. The number of hydrogen-bond donors (Lipinski definition) is 4. The van der Waals surface area contributed by atoms with Crippen molar-refractivity contribution in [3.8, 4) is 17.2 Å². The van der Waals surface area contributed by atoms with Gasteiger partial charge in [0.2, 0.25) is 11.7 Å². The number of carbonyl (C=O) groups excluding carboxylic acids is 2. The average Bonchev–Trinajstić information content (AvgIpc) is 2.84. The van der Waals surface area contributed by atoms with E-state index in [1.165, 1.54) is 76.3 Å². The molecule has 0 aliphatic rings. The Bertz CT molecular complexity index is 941. The molecule has 0 heterocycles. The molecule has 0 radical (unpaired) electrons. The van der Waals surface area contributed by atoms with Gasteiger partial charge in [0.15, 0.2) is 0 Å². The number of nitrogens with one attached hydrogen (secondary N) is 1. The predicted molar refractivity (Wildman–Crippen MR) is 140 cm³/mol. The Balaban J connectivity index is 1.66. The molecule has 0 saturated heterocycles. The molecular formula is C29H41NO5. The minimum atomic E-state index is -0.624. The van der Waals surface area contributed by atoms with Crippen LogP contribution in [0.4, 0.5) is 5.69 Å². The van der Waals surface area contributed by atoms with Gasteiger partial charge in [-0.05, 0) is 24.6 Å². The van der Waals surface area contributed by atoms with Gasteiger partial charge < -0.3 is 20.6 Å². The number of carbonyl (C=O) groups is 2. The Kier molecular flexibility index (Phi) is 12.7. The molecule has 2 aromatic rings. The number of amides is 1. The molecule has 0 atom stereocenters. The van der Waals surface area contributed by atoms with Crippen molar-refractivity contribution in [2.75, 3.05) is 5.32 Å². The summed E-state index contributed by atoms with van der Waals surface area (Å²) in [5.74, 6) is -1.79. The zero-order chi connectivity index (χ0) is 25.5. The lowest BCUT2D eigenvalue weighted by Crippen LogP contribution is -2.12. The number of rotatable bonds is 17. The van der Waals surface area contributed by atoms with Crippen molar-refractivity contribution in [1.82, 2.24) is 0 Å². The molecule has 0 unspecified atom stereocenters. The van der Waals surface area contributed by atoms with Gasteiger partial charge in [0.05, 0.1) is 16.8 Å². The van der Waals surface area contributed by atoms with Crippen molar-refractivity contribution >= 4 is 17.4 Å². The highest BCUT2D eigenvalue weighted by Gasteiger charge is 2.20. The fourth-order valence-corrected chi connectivity index (χ4v) is 4.19. The second-order valence-corrected chi connectivity index (χ2v) is 9.27. The number of ketones is 1. The van der Waals surface area contributed by atoms with Crippen LogP contribution in [-0.4, -0.2) is 27.0 Å². The Morgan fingerprint density at radius 2 is 1.20 bits per heavy atom. The molecule has 4 N–H and O–H groups in total. The quantitative estimate of drug-likeness (QED) is 0.0809. The smallest absolute Gasteiger partial charge is 0.224 e. The first-order valence-electron chi connectivity index (χ1n) is 13.1. The van der Waals surface area contributed by atoms with Crippen LogP contribution in [-0.2, 0) is 4.79 Å². The van der Waals surface area contributed by atoms with Gasteiger partial charge in [-0.3, -0.25) is 9.59 Å². The molecule has 192 valence electrons. The number of aromatic hydroxyl groups is 3. The lowest BCUT2D eigenvalue weighted by molar-refractivity contribution is -0.116. The van der Waals surface area contributed by atoms with Crippen LogP contribution in [0.5, 0.6) is 17.2 Å². The third-order valence-corrected chi connectivity index (χ3v) is 6.29. The zero-order valence-electron chi connectivity index (χ0n) is 21.0. The first-order valence-corrected chi connectivity index (χ1v) is 13.1. The van der Waals surface area contributed by atoms with Crippen LogP contribution in [0.1, 0.15) is 113 Å². The largest absolute Gasteiger partial charge is 0.507 e. The summed E-state index contributed by atoms with van der Waals surface area (Å²) in [5.41, 5.74) is -0.0871. The summed E-state index contributed by atoms with van der Waals surface area (Å²) in [4.78, 5) is 24.9. The van der Waals surface area contributed by atoms with Crippen LogP contribution in [0.2, 0.25) is 0 Å². The van der Waals surface area contributed by atoms with Crippen molar-refractivity contribution < 1.29 is 24.9 Å². The molecule has 0 saturated carbocycles. The number of anilines is 1. The summed E-state index contributed by atoms with van der Waals surface area (Å²) < 4.78 is 0. The second kappa shape index (κ2) is 15.8. The van der Waals surface area contributed by atoms with E-state index in [4.69, 9.17) is 0 Å². The summed E-state index contributed by atoms with van der Waals surface area (Å²) >= 11 is 0. The van der Waals surface area contributed by atoms with Gasteiger partial charge in [-0.1, -0.05) is 96.1 Å². The zero-order valence-corrected chi connectivity index (χ0v) is 21.0. The van der Waals surface area contributed by atoms with Crippen LogP contribution in [0.15, 0.2) is 36.4 Å². The van der Waals surface area contributed by atoms with Crippen molar-refractivity contribution in [3.63, 3.8) is 0 Å². The molecule has 1 amide bonds. The maximum absolute atomic E-state index is 12.6. The van der Waals surface area contributed by atoms with Crippen molar-refractivity contribution in [2.45, 2.75) is 96.8 Å². The van der Waals surface area contributed by atoms with E-state index in [2.05, 4.69) is 12.2 Å². The molecule has 2 rings (SSSR count). The molecule has 35 heavy (non-hydrogen) atoms. The highest BCUT2D eigenvalue weighted by atomic mass is 16.3. The summed E-state index contributed by atoms with van der Waals surface area (Å²) in [6.07, 6.45) is 16.3. The Morgan fingerprint density at radius 3 is 1.77 bits per heavy atom.